The molecule has 0 radical (unpaired) electrons. The topological polar surface area (TPSA) is 48.5 Å². The van der Waals surface area contributed by atoms with Crippen molar-refractivity contribution in [2.45, 2.75) is 0 Å². The van der Waals surface area contributed by atoms with E-state index in [2.05, 4.69) is 137 Å². The molecule has 0 bridgehead atoms. The predicted molar refractivity (Wildman–Crippen MR) is 205 cm³/mol. The summed E-state index contributed by atoms with van der Waals surface area (Å²) < 4.78 is 4.69. The number of rotatable bonds is 5. The van der Waals surface area contributed by atoms with Crippen LogP contribution in [0.2, 0.25) is 0 Å². The Labute approximate surface area is 288 Å². The molecule has 0 aliphatic carbocycles. The molecule has 0 N–H and O–H groups in total. The van der Waals surface area contributed by atoms with Gasteiger partial charge in [-0.25, -0.2) is 0 Å². The van der Waals surface area contributed by atoms with Crippen LogP contribution in [0.1, 0.15) is 0 Å². The molecule has 10 rings (SSSR count). The largest absolute Gasteiger partial charge is 0.309 e. The molecule has 5 aromatic carbocycles. The Bertz CT molecular complexity index is 2800. The number of hydrogen-bond donors (Lipinski definition) is 0. The molecule has 5 heteroatoms. The van der Waals surface area contributed by atoms with Gasteiger partial charge in [-0.2, -0.15) is 0 Å². The minimum Gasteiger partial charge on any atom is -0.309 e. The highest BCUT2D eigenvalue weighted by atomic mass is 15.0. The second-order valence-electron chi connectivity index (χ2n) is 12.5. The van der Waals surface area contributed by atoms with Crippen LogP contribution in [0.3, 0.4) is 0 Å². The summed E-state index contributed by atoms with van der Waals surface area (Å²) in [7, 11) is 0. The van der Waals surface area contributed by atoms with Crippen LogP contribution in [0.15, 0.2) is 176 Å². The van der Waals surface area contributed by atoms with E-state index in [-0.39, 0.29) is 0 Å². The van der Waals surface area contributed by atoms with Crippen LogP contribution in [0.5, 0.6) is 0 Å². The molecule has 5 heterocycles. The number of hydrogen-bond acceptors (Lipinski definition) is 3. The molecule has 5 aromatic heterocycles. The number of nitrogens with zero attached hydrogens (tertiary/aromatic N) is 5. The molecule has 0 saturated heterocycles. The van der Waals surface area contributed by atoms with E-state index in [1.165, 1.54) is 27.4 Å². The summed E-state index contributed by atoms with van der Waals surface area (Å²) in [6.45, 7) is 0. The molecule has 0 aliphatic heterocycles. The van der Waals surface area contributed by atoms with E-state index in [0.717, 1.165) is 61.4 Å². The minimum absolute atomic E-state index is 0.912. The van der Waals surface area contributed by atoms with E-state index in [1.54, 1.807) is 0 Å². The lowest BCUT2D eigenvalue weighted by Crippen LogP contribution is -1.97. The molecule has 10 aromatic rings. The van der Waals surface area contributed by atoms with E-state index in [4.69, 9.17) is 15.0 Å². The lowest BCUT2D eigenvalue weighted by molar-refractivity contribution is 1.17. The van der Waals surface area contributed by atoms with Crippen molar-refractivity contribution >= 4 is 43.7 Å². The van der Waals surface area contributed by atoms with Crippen molar-refractivity contribution < 1.29 is 0 Å². The maximum absolute atomic E-state index is 4.96. The number of pyridine rings is 3. The van der Waals surface area contributed by atoms with Crippen LogP contribution in [-0.2, 0) is 0 Å². The van der Waals surface area contributed by atoms with Crippen LogP contribution in [-0.4, -0.2) is 24.1 Å². The van der Waals surface area contributed by atoms with Gasteiger partial charge in [-0.3, -0.25) is 15.0 Å². The summed E-state index contributed by atoms with van der Waals surface area (Å²) in [5.74, 6) is 0. The molecule has 0 amide bonds. The van der Waals surface area contributed by atoms with Crippen molar-refractivity contribution in [2.75, 3.05) is 0 Å². The highest BCUT2D eigenvalue weighted by molar-refractivity contribution is 6.17. The summed E-state index contributed by atoms with van der Waals surface area (Å²) >= 11 is 0. The zero-order valence-electron chi connectivity index (χ0n) is 27.0. The van der Waals surface area contributed by atoms with Crippen LogP contribution >= 0.6 is 0 Å². The minimum atomic E-state index is 0.912. The summed E-state index contributed by atoms with van der Waals surface area (Å²) in [5, 5.41) is 3.58. The average Bonchev–Trinajstić information content (AvgIpc) is 3.71. The van der Waals surface area contributed by atoms with Gasteiger partial charge < -0.3 is 9.13 Å². The van der Waals surface area contributed by atoms with Crippen molar-refractivity contribution in [2.24, 2.45) is 0 Å². The third kappa shape index (κ3) is 4.45. The summed E-state index contributed by atoms with van der Waals surface area (Å²) in [6.07, 6.45) is 5.56. The normalized spacial score (nSPS) is 11.6. The molecule has 5 nitrogen and oxygen atoms in total. The van der Waals surface area contributed by atoms with Crippen LogP contribution in [0.25, 0.3) is 88.8 Å². The van der Waals surface area contributed by atoms with Crippen LogP contribution in [0, 0.1) is 0 Å². The molecule has 0 unspecified atom stereocenters. The zero-order valence-corrected chi connectivity index (χ0v) is 27.0. The van der Waals surface area contributed by atoms with Gasteiger partial charge >= 0.3 is 0 Å². The first kappa shape index (κ1) is 28.2. The Balaban J connectivity index is 1.22. The fraction of sp³-hybridized carbons (Fsp3) is 0. The van der Waals surface area contributed by atoms with E-state index >= 15 is 0 Å². The van der Waals surface area contributed by atoms with Gasteiger partial charge in [0.05, 0.1) is 39.0 Å². The standard InChI is InChI=1S/C45H29N5/c1-2-12-33(13-3-1)49-40-18-5-4-14-36(40)44-35(15-10-19-42(44)49)30-21-22-41-37(29-30)45-43(20-11-25-48-45)50(41)34-27-31(38-16-6-8-23-46-38)26-32(28-34)39-17-7-9-24-47-39/h1-29H. The first-order chi connectivity index (χ1) is 24.8. The second kappa shape index (κ2) is 11.4. The third-order valence-electron chi connectivity index (χ3n) is 9.64. The van der Waals surface area contributed by atoms with Crippen molar-refractivity contribution in [1.82, 2.24) is 24.1 Å². The highest BCUT2D eigenvalue weighted by Crippen LogP contribution is 2.41. The average molecular weight is 640 g/mol. The molecule has 0 fully saturated rings. The molecule has 0 spiro atoms. The van der Waals surface area contributed by atoms with Gasteiger partial charge in [-0.05, 0) is 102 Å². The Morgan fingerprint density at radius 3 is 1.76 bits per heavy atom. The lowest BCUT2D eigenvalue weighted by atomic mass is 9.98. The molecule has 234 valence electrons. The Morgan fingerprint density at radius 2 is 1.00 bits per heavy atom. The number of para-hydroxylation sites is 2. The molecule has 50 heavy (non-hydrogen) atoms. The highest BCUT2D eigenvalue weighted by Gasteiger charge is 2.19. The first-order valence-corrected chi connectivity index (χ1v) is 16.8. The van der Waals surface area contributed by atoms with E-state index < -0.39 is 0 Å². The van der Waals surface area contributed by atoms with Crippen molar-refractivity contribution in [3.05, 3.63) is 176 Å². The zero-order chi connectivity index (χ0) is 33.0. The fourth-order valence-electron chi connectivity index (χ4n) is 7.50. The van der Waals surface area contributed by atoms with Gasteiger partial charge in [0.15, 0.2) is 0 Å². The predicted octanol–water partition coefficient (Wildman–Crippen LogP) is 11.1. The van der Waals surface area contributed by atoms with Crippen molar-refractivity contribution in [3.8, 4) is 45.0 Å². The van der Waals surface area contributed by atoms with Gasteiger partial charge in [-0.15, -0.1) is 0 Å². The molecule has 0 atom stereocenters. The van der Waals surface area contributed by atoms with E-state index in [9.17, 15) is 0 Å². The number of fused-ring (bicyclic) bond motifs is 6. The van der Waals surface area contributed by atoms with Crippen molar-refractivity contribution in [1.29, 1.82) is 0 Å². The number of benzene rings is 5. The molecular weight excluding hydrogens is 611 g/mol. The van der Waals surface area contributed by atoms with Crippen LogP contribution < -0.4 is 0 Å². The fourth-order valence-corrected chi connectivity index (χ4v) is 7.50. The van der Waals surface area contributed by atoms with Gasteiger partial charge in [0.2, 0.25) is 0 Å². The second-order valence-corrected chi connectivity index (χ2v) is 12.5. The third-order valence-corrected chi connectivity index (χ3v) is 9.64. The molecular formula is C45H29N5. The summed E-state index contributed by atoms with van der Waals surface area (Å²) in [4.78, 5) is 14.4. The Hall–Kier alpha value is -6.85. The van der Waals surface area contributed by atoms with Gasteiger partial charge in [0.1, 0.15) is 0 Å². The summed E-state index contributed by atoms with van der Waals surface area (Å²) in [5.41, 5.74) is 13.9. The Morgan fingerprint density at radius 1 is 0.360 bits per heavy atom. The molecule has 0 aliphatic rings. The van der Waals surface area contributed by atoms with Crippen molar-refractivity contribution in [3.63, 3.8) is 0 Å². The van der Waals surface area contributed by atoms with Gasteiger partial charge in [-0.1, -0.05) is 66.7 Å². The van der Waals surface area contributed by atoms with Gasteiger partial charge in [0, 0.05) is 57.3 Å². The monoisotopic (exact) mass is 639 g/mol. The van der Waals surface area contributed by atoms with Gasteiger partial charge in [0.25, 0.3) is 0 Å². The maximum Gasteiger partial charge on any atom is 0.0963 e. The Kier molecular flexibility index (Phi) is 6.42. The summed E-state index contributed by atoms with van der Waals surface area (Å²) in [6, 6.07) is 55.6. The van der Waals surface area contributed by atoms with Crippen LogP contribution in [0.4, 0.5) is 0 Å². The maximum atomic E-state index is 4.96. The quantitative estimate of drug-likeness (QED) is 0.188. The lowest BCUT2D eigenvalue weighted by Gasteiger charge is -2.13. The number of aromatic nitrogens is 5. The molecule has 0 saturated carbocycles. The smallest absolute Gasteiger partial charge is 0.0963 e. The van der Waals surface area contributed by atoms with E-state index in [1.807, 2.05) is 48.9 Å². The SMILES string of the molecule is c1ccc(-n2c3ccccc3c3c(-c4ccc5c(c4)c4ncccc4n5-c4cc(-c5ccccn5)cc(-c5ccccn5)c4)cccc32)cc1. The van der Waals surface area contributed by atoms with E-state index in [0.29, 0.717) is 0 Å². The first-order valence-electron chi connectivity index (χ1n) is 16.8.